The molecule has 1 aromatic carbocycles. The number of ether oxygens (including phenoxy) is 2. The molecule has 3 heteroatoms. The Bertz CT molecular complexity index is 376. The van der Waals surface area contributed by atoms with E-state index in [0.717, 1.165) is 11.5 Å². The van der Waals surface area contributed by atoms with E-state index in [0.29, 0.717) is 19.6 Å². The van der Waals surface area contributed by atoms with E-state index in [1.165, 1.54) is 0 Å². The Kier molecular flexibility index (Phi) is 5.72. The average Bonchev–Trinajstić information content (AvgIpc) is 2.41. The van der Waals surface area contributed by atoms with Crippen LogP contribution in [-0.2, 0) is 0 Å². The topological polar surface area (TPSA) is 38.7 Å². The highest BCUT2D eigenvalue weighted by atomic mass is 16.5. The first kappa shape index (κ1) is 14.6. The number of aliphatic hydroxyl groups is 1. The summed E-state index contributed by atoms with van der Waals surface area (Å²) < 4.78 is 11.2. The van der Waals surface area contributed by atoms with E-state index in [9.17, 15) is 5.11 Å². The quantitative estimate of drug-likeness (QED) is 0.721. The maximum atomic E-state index is 9.27. The summed E-state index contributed by atoms with van der Waals surface area (Å²) in [6, 6.07) is 7.60. The SMILES string of the molecule is C=CC(C)(CO)CCOc1ccccc1OCC. The van der Waals surface area contributed by atoms with Crippen LogP contribution in [0.15, 0.2) is 36.9 Å². The molecule has 0 aliphatic heterocycles. The van der Waals surface area contributed by atoms with Crippen LogP contribution in [0.1, 0.15) is 20.3 Å². The van der Waals surface area contributed by atoms with E-state index >= 15 is 0 Å². The fourth-order valence-electron chi connectivity index (χ4n) is 1.48. The molecule has 0 spiro atoms. The first-order chi connectivity index (χ1) is 8.65. The summed E-state index contributed by atoms with van der Waals surface area (Å²) in [5.41, 5.74) is -0.291. The van der Waals surface area contributed by atoms with Crippen LogP contribution in [0.5, 0.6) is 11.5 Å². The fourth-order valence-corrected chi connectivity index (χ4v) is 1.48. The predicted octanol–water partition coefficient (Wildman–Crippen LogP) is 3.04. The Morgan fingerprint density at radius 2 is 1.89 bits per heavy atom. The van der Waals surface area contributed by atoms with Crippen molar-refractivity contribution in [1.82, 2.24) is 0 Å². The van der Waals surface area contributed by atoms with E-state index in [1.54, 1.807) is 6.08 Å². The Labute approximate surface area is 109 Å². The third kappa shape index (κ3) is 4.08. The van der Waals surface area contributed by atoms with Gasteiger partial charge in [-0.15, -0.1) is 6.58 Å². The molecule has 1 N–H and O–H groups in total. The van der Waals surface area contributed by atoms with Crippen LogP contribution < -0.4 is 9.47 Å². The van der Waals surface area contributed by atoms with Gasteiger partial charge in [-0.25, -0.2) is 0 Å². The van der Waals surface area contributed by atoms with Gasteiger partial charge in [-0.2, -0.15) is 0 Å². The number of rotatable bonds is 8. The number of hydrogen-bond donors (Lipinski definition) is 1. The highest BCUT2D eigenvalue weighted by Crippen LogP contribution is 2.28. The van der Waals surface area contributed by atoms with Crippen molar-refractivity contribution in [3.8, 4) is 11.5 Å². The lowest BCUT2D eigenvalue weighted by molar-refractivity contribution is 0.149. The van der Waals surface area contributed by atoms with Crippen LogP contribution in [0.4, 0.5) is 0 Å². The van der Waals surface area contributed by atoms with Gasteiger partial charge in [0.1, 0.15) is 0 Å². The molecule has 0 saturated heterocycles. The first-order valence-corrected chi connectivity index (χ1v) is 6.24. The standard InChI is InChI=1S/C15H22O3/c1-4-15(3,12-16)10-11-18-14-9-7-6-8-13(14)17-5-2/h4,6-9,16H,1,5,10-12H2,2-3H3. The van der Waals surface area contributed by atoms with Gasteiger partial charge in [0.25, 0.3) is 0 Å². The van der Waals surface area contributed by atoms with Gasteiger partial charge in [0.15, 0.2) is 11.5 Å². The number of hydrogen-bond acceptors (Lipinski definition) is 3. The third-order valence-corrected chi connectivity index (χ3v) is 2.93. The smallest absolute Gasteiger partial charge is 0.161 e. The van der Waals surface area contributed by atoms with E-state index in [2.05, 4.69) is 6.58 Å². The Hall–Kier alpha value is -1.48. The molecule has 0 aliphatic rings. The lowest BCUT2D eigenvalue weighted by Gasteiger charge is -2.23. The zero-order chi connectivity index (χ0) is 13.4. The van der Waals surface area contributed by atoms with Gasteiger partial charge in [-0.1, -0.05) is 25.1 Å². The molecule has 1 atom stereocenters. The molecule has 1 unspecified atom stereocenters. The minimum Gasteiger partial charge on any atom is -0.490 e. The molecule has 0 amide bonds. The minimum atomic E-state index is -0.291. The van der Waals surface area contributed by atoms with Crippen molar-refractivity contribution in [3.63, 3.8) is 0 Å². The van der Waals surface area contributed by atoms with Crippen molar-refractivity contribution < 1.29 is 14.6 Å². The molecule has 0 fully saturated rings. The van der Waals surface area contributed by atoms with Gasteiger partial charge in [-0.05, 0) is 25.5 Å². The lowest BCUT2D eigenvalue weighted by Crippen LogP contribution is -2.21. The maximum Gasteiger partial charge on any atom is 0.161 e. The van der Waals surface area contributed by atoms with Gasteiger partial charge in [-0.3, -0.25) is 0 Å². The normalized spacial score (nSPS) is 13.7. The number of benzene rings is 1. The summed E-state index contributed by atoms with van der Waals surface area (Å²) >= 11 is 0. The third-order valence-electron chi connectivity index (χ3n) is 2.93. The van der Waals surface area contributed by atoms with Crippen molar-refractivity contribution in [2.24, 2.45) is 5.41 Å². The molecular formula is C15H22O3. The number of para-hydroxylation sites is 2. The first-order valence-electron chi connectivity index (χ1n) is 6.24. The summed E-state index contributed by atoms with van der Waals surface area (Å²) in [5.74, 6) is 1.49. The van der Waals surface area contributed by atoms with Gasteiger partial charge >= 0.3 is 0 Å². The Balaban J connectivity index is 2.55. The Morgan fingerprint density at radius 1 is 1.28 bits per heavy atom. The predicted molar refractivity (Wildman–Crippen MR) is 73.1 cm³/mol. The van der Waals surface area contributed by atoms with Crippen molar-refractivity contribution in [2.75, 3.05) is 19.8 Å². The van der Waals surface area contributed by atoms with Crippen LogP contribution in [0.2, 0.25) is 0 Å². The average molecular weight is 250 g/mol. The van der Waals surface area contributed by atoms with Gasteiger partial charge in [0, 0.05) is 5.41 Å². The van der Waals surface area contributed by atoms with E-state index in [1.807, 2.05) is 38.1 Å². The number of aliphatic hydroxyl groups excluding tert-OH is 1. The maximum absolute atomic E-state index is 9.27. The summed E-state index contributed by atoms with van der Waals surface area (Å²) in [6.07, 6.45) is 2.48. The monoisotopic (exact) mass is 250 g/mol. The molecule has 18 heavy (non-hydrogen) atoms. The van der Waals surface area contributed by atoms with Crippen LogP contribution in [0, 0.1) is 5.41 Å². The van der Waals surface area contributed by atoms with E-state index in [4.69, 9.17) is 9.47 Å². The van der Waals surface area contributed by atoms with Crippen LogP contribution in [0.25, 0.3) is 0 Å². The second-order valence-electron chi connectivity index (χ2n) is 4.49. The molecule has 1 rings (SSSR count). The lowest BCUT2D eigenvalue weighted by atomic mass is 9.88. The largest absolute Gasteiger partial charge is 0.490 e. The second kappa shape index (κ2) is 7.07. The van der Waals surface area contributed by atoms with Crippen LogP contribution in [0.3, 0.4) is 0 Å². The van der Waals surface area contributed by atoms with Crippen LogP contribution in [-0.4, -0.2) is 24.9 Å². The molecule has 0 heterocycles. The minimum absolute atomic E-state index is 0.0764. The zero-order valence-electron chi connectivity index (χ0n) is 11.2. The van der Waals surface area contributed by atoms with Crippen molar-refractivity contribution in [2.45, 2.75) is 20.3 Å². The molecule has 0 aliphatic carbocycles. The highest BCUT2D eigenvalue weighted by Gasteiger charge is 2.19. The molecule has 0 saturated carbocycles. The summed E-state index contributed by atoms with van der Waals surface area (Å²) in [6.45, 7) is 8.84. The van der Waals surface area contributed by atoms with E-state index in [-0.39, 0.29) is 12.0 Å². The molecule has 1 aromatic rings. The molecule has 0 radical (unpaired) electrons. The molecule has 3 nitrogen and oxygen atoms in total. The zero-order valence-corrected chi connectivity index (χ0v) is 11.2. The van der Waals surface area contributed by atoms with Gasteiger partial charge < -0.3 is 14.6 Å². The fraction of sp³-hybridized carbons (Fsp3) is 0.467. The molecule has 100 valence electrons. The van der Waals surface area contributed by atoms with Crippen LogP contribution >= 0.6 is 0 Å². The van der Waals surface area contributed by atoms with Gasteiger partial charge in [0.2, 0.25) is 0 Å². The summed E-state index contributed by atoms with van der Waals surface area (Å²) in [4.78, 5) is 0. The highest BCUT2D eigenvalue weighted by molar-refractivity contribution is 5.39. The van der Waals surface area contributed by atoms with Crippen molar-refractivity contribution in [1.29, 1.82) is 0 Å². The van der Waals surface area contributed by atoms with Gasteiger partial charge in [0.05, 0.1) is 19.8 Å². The van der Waals surface area contributed by atoms with E-state index < -0.39 is 0 Å². The molecular weight excluding hydrogens is 228 g/mol. The van der Waals surface area contributed by atoms with Crippen molar-refractivity contribution >= 4 is 0 Å². The molecule has 0 aromatic heterocycles. The van der Waals surface area contributed by atoms with Crippen molar-refractivity contribution in [3.05, 3.63) is 36.9 Å². The second-order valence-corrected chi connectivity index (χ2v) is 4.49. The molecule has 0 bridgehead atoms. The summed E-state index contributed by atoms with van der Waals surface area (Å²) in [5, 5.41) is 9.27. The summed E-state index contributed by atoms with van der Waals surface area (Å²) in [7, 11) is 0. The Morgan fingerprint density at radius 3 is 2.39 bits per heavy atom.